The van der Waals surface area contributed by atoms with Gasteiger partial charge in [-0.3, -0.25) is 9.59 Å². The molecule has 0 spiro atoms. The van der Waals surface area contributed by atoms with Crippen molar-refractivity contribution in [2.75, 3.05) is 10.2 Å². The van der Waals surface area contributed by atoms with Crippen molar-refractivity contribution >= 4 is 28.8 Å². The second kappa shape index (κ2) is 7.55. The average Bonchev–Trinajstić information content (AvgIpc) is 2.92. The zero-order valence-corrected chi connectivity index (χ0v) is 16.4. The molecular weight excluding hydrogens is 386 g/mol. The summed E-state index contributed by atoms with van der Waals surface area (Å²) in [5.74, 6) is -2.25. The van der Waals surface area contributed by atoms with Crippen LogP contribution in [0.1, 0.15) is 16.7 Å². The molecule has 0 radical (unpaired) electrons. The molecule has 0 unspecified atom stereocenters. The van der Waals surface area contributed by atoms with E-state index < -0.39 is 23.4 Å². The summed E-state index contributed by atoms with van der Waals surface area (Å²) in [5, 5.41) is 2.90. The van der Waals surface area contributed by atoms with E-state index in [-0.39, 0.29) is 17.0 Å². The van der Waals surface area contributed by atoms with Crippen LogP contribution in [-0.2, 0) is 9.59 Å². The first-order chi connectivity index (χ1) is 14.3. The first kappa shape index (κ1) is 19.5. The third-order valence-electron chi connectivity index (χ3n) is 4.90. The highest BCUT2D eigenvalue weighted by Gasteiger charge is 2.40. The van der Waals surface area contributed by atoms with Crippen molar-refractivity contribution in [2.45, 2.75) is 13.8 Å². The molecule has 0 aromatic heterocycles. The highest BCUT2D eigenvalue weighted by Crippen LogP contribution is 2.35. The summed E-state index contributed by atoms with van der Waals surface area (Å²) in [6.07, 6.45) is 0. The number of hydrogen-bond donors (Lipinski definition) is 1. The molecule has 6 heteroatoms. The van der Waals surface area contributed by atoms with E-state index in [9.17, 15) is 18.4 Å². The zero-order chi connectivity index (χ0) is 21.4. The Morgan fingerprint density at radius 1 is 0.800 bits per heavy atom. The van der Waals surface area contributed by atoms with Crippen molar-refractivity contribution in [1.29, 1.82) is 0 Å². The lowest BCUT2D eigenvalue weighted by Gasteiger charge is -2.15. The van der Waals surface area contributed by atoms with Crippen LogP contribution in [0.2, 0.25) is 0 Å². The lowest BCUT2D eigenvalue weighted by atomic mass is 9.97. The Labute approximate surface area is 172 Å². The normalized spacial score (nSPS) is 13.9. The Bertz CT molecular complexity index is 1220. The number of carbonyl (C=O) groups excluding carboxylic acids is 2. The van der Waals surface area contributed by atoms with Gasteiger partial charge < -0.3 is 5.32 Å². The SMILES string of the molecule is Cc1ccc(C2=C(Nc3cccc(F)c3)C(=O)N(c3cccc(F)c3)C2=O)c(C)c1. The first-order valence-corrected chi connectivity index (χ1v) is 9.34. The van der Waals surface area contributed by atoms with Gasteiger partial charge in [-0.2, -0.15) is 0 Å². The molecular formula is C24H18F2N2O2. The zero-order valence-electron chi connectivity index (χ0n) is 16.4. The van der Waals surface area contributed by atoms with Crippen LogP contribution >= 0.6 is 0 Å². The molecule has 1 aliphatic rings. The molecule has 1 N–H and O–H groups in total. The van der Waals surface area contributed by atoms with Gasteiger partial charge in [-0.05, 0) is 61.4 Å². The molecule has 30 heavy (non-hydrogen) atoms. The van der Waals surface area contributed by atoms with Gasteiger partial charge in [0.2, 0.25) is 0 Å². The molecule has 4 nitrogen and oxygen atoms in total. The minimum Gasteiger partial charge on any atom is -0.350 e. The second-order valence-corrected chi connectivity index (χ2v) is 7.13. The van der Waals surface area contributed by atoms with Crippen LogP contribution in [0.25, 0.3) is 5.57 Å². The molecule has 0 saturated heterocycles. The van der Waals surface area contributed by atoms with Crippen molar-refractivity contribution in [2.24, 2.45) is 0 Å². The maximum atomic E-state index is 13.8. The van der Waals surface area contributed by atoms with Crippen molar-refractivity contribution in [1.82, 2.24) is 0 Å². The monoisotopic (exact) mass is 404 g/mol. The second-order valence-electron chi connectivity index (χ2n) is 7.13. The molecule has 0 atom stereocenters. The van der Waals surface area contributed by atoms with Crippen LogP contribution in [0.4, 0.5) is 20.2 Å². The molecule has 3 aromatic carbocycles. The highest BCUT2D eigenvalue weighted by molar-refractivity contribution is 6.46. The third-order valence-corrected chi connectivity index (χ3v) is 4.90. The van der Waals surface area contributed by atoms with E-state index in [2.05, 4.69) is 5.32 Å². The van der Waals surface area contributed by atoms with Gasteiger partial charge in [0.15, 0.2) is 0 Å². The van der Waals surface area contributed by atoms with Crippen molar-refractivity contribution < 1.29 is 18.4 Å². The van der Waals surface area contributed by atoms with Crippen molar-refractivity contribution in [3.63, 3.8) is 0 Å². The number of carbonyl (C=O) groups is 2. The summed E-state index contributed by atoms with van der Waals surface area (Å²) < 4.78 is 27.4. The van der Waals surface area contributed by atoms with Gasteiger partial charge in [0.1, 0.15) is 17.3 Å². The smallest absolute Gasteiger partial charge is 0.282 e. The van der Waals surface area contributed by atoms with Crippen LogP contribution in [0.3, 0.4) is 0 Å². The number of anilines is 2. The van der Waals surface area contributed by atoms with Crippen LogP contribution in [0, 0.1) is 25.5 Å². The fraction of sp³-hybridized carbons (Fsp3) is 0.0833. The van der Waals surface area contributed by atoms with Crippen LogP contribution < -0.4 is 10.2 Å². The Hall–Kier alpha value is -3.80. The highest BCUT2D eigenvalue weighted by atomic mass is 19.1. The van der Waals surface area contributed by atoms with E-state index in [0.717, 1.165) is 22.1 Å². The van der Waals surface area contributed by atoms with E-state index in [1.807, 2.05) is 26.0 Å². The summed E-state index contributed by atoms with van der Waals surface area (Å²) in [6.45, 7) is 3.77. The quantitative estimate of drug-likeness (QED) is 0.624. The summed E-state index contributed by atoms with van der Waals surface area (Å²) in [6, 6.07) is 16.4. The van der Waals surface area contributed by atoms with E-state index >= 15 is 0 Å². The molecule has 0 bridgehead atoms. The van der Waals surface area contributed by atoms with Crippen molar-refractivity contribution in [3.05, 3.63) is 101 Å². The minimum absolute atomic E-state index is 0.0156. The molecule has 0 aliphatic carbocycles. The fourth-order valence-corrected chi connectivity index (χ4v) is 3.55. The average molecular weight is 404 g/mol. The number of halogens is 2. The number of benzene rings is 3. The number of hydrogen-bond acceptors (Lipinski definition) is 3. The number of amides is 2. The fourth-order valence-electron chi connectivity index (χ4n) is 3.55. The lowest BCUT2D eigenvalue weighted by Crippen LogP contribution is -2.32. The third kappa shape index (κ3) is 3.48. The molecule has 3 aromatic rings. The Morgan fingerprint density at radius 2 is 1.50 bits per heavy atom. The summed E-state index contributed by atoms with van der Waals surface area (Å²) in [4.78, 5) is 27.5. The Kier molecular flexibility index (Phi) is 4.91. The molecule has 0 saturated carbocycles. The molecule has 0 fully saturated rings. The predicted molar refractivity (Wildman–Crippen MR) is 112 cm³/mol. The Balaban J connectivity index is 1.87. The van der Waals surface area contributed by atoms with E-state index in [4.69, 9.17) is 0 Å². The van der Waals surface area contributed by atoms with Crippen LogP contribution in [0.15, 0.2) is 72.4 Å². The summed E-state index contributed by atoms with van der Waals surface area (Å²) in [5.41, 5.74) is 3.03. The maximum Gasteiger partial charge on any atom is 0.282 e. The summed E-state index contributed by atoms with van der Waals surface area (Å²) >= 11 is 0. The summed E-state index contributed by atoms with van der Waals surface area (Å²) in [7, 11) is 0. The topological polar surface area (TPSA) is 49.4 Å². The molecule has 2 amide bonds. The number of rotatable bonds is 4. The number of imide groups is 1. The van der Waals surface area contributed by atoms with Gasteiger partial charge in [0.25, 0.3) is 11.8 Å². The molecule has 150 valence electrons. The van der Waals surface area contributed by atoms with E-state index in [1.165, 1.54) is 36.4 Å². The largest absolute Gasteiger partial charge is 0.350 e. The van der Waals surface area contributed by atoms with Crippen molar-refractivity contribution in [3.8, 4) is 0 Å². The lowest BCUT2D eigenvalue weighted by molar-refractivity contribution is -0.120. The van der Waals surface area contributed by atoms with Gasteiger partial charge in [-0.25, -0.2) is 13.7 Å². The standard InChI is InChI=1S/C24H18F2N2O2/c1-14-9-10-20(15(2)11-14)21-22(27-18-7-3-5-16(25)12-18)24(30)28(23(21)29)19-8-4-6-17(26)13-19/h3-13,27H,1-2H3. The van der Waals surface area contributed by atoms with Gasteiger partial charge in [-0.15, -0.1) is 0 Å². The van der Waals surface area contributed by atoms with Crippen LogP contribution in [-0.4, -0.2) is 11.8 Å². The van der Waals surface area contributed by atoms with Gasteiger partial charge >= 0.3 is 0 Å². The first-order valence-electron chi connectivity index (χ1n) is 9.34. The number of nitrogens with one attached hydrogen (secondary N) is 1. The maximum absolute atomic E-state index is 13.8. The minimum atomic E-state index is -0.634. The molecule has 1 aliphatic heterocycles. The van der Waals surface area contributed by atoms with Gasteiger partial charge in [0.05, 0.1) is 11.3 Å². The number of aryl methyl sites for hydroxylation is 2. The number of nitrogens with zero attached hydrogens (tertiary/aromatic N) is 1. The molecule has 1 heterocycles. The van der Waals surface area contributed by atoms with Gasteiger partial charge in [0, 0.05) is 5.69 Å². The van der Waals surface area contributed by atoms with E-state index in [0.29, 0.717) is 11.3 Å². The predicted octanol–water partition coefficient (Wildman–Crippen LogP) is 4.98. The molecule has 4 rings (SSSR count). The Morgan fingerprint density at radius 3 is 2.17 bits per heavy atom. The van der Waals surface area contributed by atoms with Gasteiger partial charge in [-0.1, -0.05) is 35.9 Å². The van der Waals surface area contributed by atoms with Crippen LogP contribution in [0.5, 0.6) is 0 Å². The van der Waals surface area contributed by atoms with E-state index in [1.54, 1.807) is 12.1 Å².